The second-order valence-electron chi connectivity index (χ2n) is 7.66. The maximum absolute atomic E-state index is 13.3. The molecular weight excluding hydrogens is 384 g/mol. The molecule has 160 valence electrons. The number of amides is 1. The van der Waals surface area contributed by atoms with Gasteiger partial charge in [-0.3, -0.25) is 18.6 Å². The molecule has 0 unspecified atom stereocenters. The molecule has 0 saturated heterocycles. The van der Waals surface area contributed by atoms with Gasteiger partial charge in [-0.15, -0.1) is 0 Å². The van der Waals surface area contributed by atoms with Crippen LogP contribution in [-0.4, -0.2) is 37.6 Å². The number of hydrogen-bond donors (Lipinski definition) is 2. The van der Waals surface area contributed by atoms with Gasteiger partial charge in [0, 0.05) is 24.5 Å². The molecule has 1 atom stereocenters. The summed E-state index contributed by atoms with van der Waals surface area (Å²) in [6, 6.07) is 1.54. The van der Waals surface area contributed by atoms with Gasteiger partial charge in [-0.25, -0.2) is 4.98 Å². The Morgan fingerprint density at radius 3 is 2.63 bits per heavy atom. The Hall–Kier alpha value is -3.13. The van der Waals surface area contributed by atoms with Crippen LogP contribution in [0.1, 0.15) is 49.2 Å². The second-order valence-corrected chi connectivity index (χ2v) is 7.66. The van der Waals surface area contributed by atoms with E-state index in [0.717, 1.165) is 16.9 Å². The van der Waals surface area contributed by atoms with E-state index in [-0.39, 0.29) is 29.5 Å². The smallest absolute Gasteiger partial charge is 0.295 e. The third kappa shape index (κ3) is 4.23. The summed E-state index contributed by atoms with van der Waals surface area (Å²) in [5, 5.41) is 12.1. The van der Waals surface area contributed by atoms with Gasteiger partial charge in [0.25, 0.3) is 11.5 Å². The summed E-state index contributed by atoms with van der Waals surface area (Å²) in [6.07, 6.45) is 5.88. The molecule has 0 aliphatic rings. The first-order valence-corrected chi connectivity index (χ1v) is 10.00. The predicted octanol–water partition coefficient (Wildman–Crippen LogP) is 2.84. The first-order valence-electron chi connectivity index (χ1n) is 10.00. The summed E-state index contributed by atoms with van der Waals surface area (Å²) in [5.41, 5.74) is 2.60. The molecule has 0 radical (unpaired) electrons. The van der Waals surface area contributed by atoms with Crippen LogP contribution in [0.15, 0.2) is 39.3 Å². The van der Waals surface area contributed by atoms with Gasteiger partial charge in [-0.05, 0) is 40.2 Å². The predicted molar refractivity (Wildman–Crippen MR) is 115 cm³/mol. The Morgan fingerprint density at radius 2 is 2.07 bits per heavy atom. The number of aliphatic hydroxyl groups is 1. The number of aliphatic hydroxyl groups excluding tert-OH is 1. The summed E-state index contributed by atoms with van der Waals surface area (Å²) >= 11 is 0. The van der Waals surface area contributed by atoms with Crippen LogP contribution in [0, 0.1) is 13.8 Å². The van der Waals surface area contributed by atoms with Crippen molar-refractivity contribution in [1.29, 1.82) is 0 Å². The summed E-state index contributed by atoms with van der Waals surface area (Å²) in [6.45, 7) is 9.75. The summed E-state index contributed by atoms with van der Waals surface area (Å²) in [7, 11) is 0. The largest absolute Gasteiger partial charge is 0.466 e. The second kappa shape index (κ2) is 8.71. The number of fused-ring (bicyclic) bond motifs is 1. The highest BCUT2D eigenvalue weighted by Crippen LogP contribution is 2.26. The van der Waals surface area contributed by atoms with Crippen LogP contribution < -0.4 is 10.9 Å². The topological polar surface area (TPSA) is 102 Å². The summed E-state index contributed by atoms with van der Waals surface area (Å²) in [5.74, 6) is 1.04. The maximum Gasteiger partial charge on any atom is 0.295 e. The summed E-state index contributed by atoms with van der Waals surface area (Å²) < 4.78 is 8.88. The number of aromatic nitrogens is 3. The number of nitrogens with zero attached hydrogens (tertiary/aromatic N) is 3. The van der Waals surface area contributed by atoms with Crippen LogP contribution in [0.2, 0.25) is 0 Å². The Labute approximate surface area is 174 Å². The Morgan fingerprint density at radius 1 is 1.33 bits per heavy atom. The molecule has 3 heterocycles. The number of aryl methyl sites for hydroxylation is 2. The van der Waals surface area contributed by atoms with Crippen molar-refractivity contribution in [2.24, 2.45) is 0 Å². The van der Waals surface area contributed by atoms with Gasteiger partial charge in [0.05, 0.1) is 18.3 Å². The zero-order valence-electron chi connectivity index (χ0n) is 18.0. The highest BCUT2D eigenvalue weighted by atomic mass is 16.3. The number of imidazole rings is 1. The van der Waals surface area contributed by atoms with Crippen LogP contribution in [-0.2, 0) is 6.54 Å². The fourth-order valence-electron chi connectivity index (χ4n) is 3.28. The molecule has 0 bridgehead atoms. The van der Waals surface area contributed by atoms with Crippen LogP contribution >= 0.6 is 0 Å². The van der Waals surface area contributed by atoms with Crippen LogP contribution in [0.4, 0.5) is 0 Å². The monoisotopic (exact) mass is 412 g/mol. The Kier molecular flexibility index (Phi) is 6.26. The van der Waals surface area contributed by atoms with Gasteiger partial charge in [0.2, 0.25) is 5.65 Å². The van der Waals surface area contributed by atoms with E-state index in [4.69, 9.17) is 4.42 Å². The molecular formula is C22H28N4O4. The number of furan rings is 1. The molecule has 0 aliphatic carbocycles. The molecule has 1 amide bonds. The molecule has 3 rings (SSSR count). The first-order chi connectivity index (χ1) is 14.2. The average Bonchev–Trinajstić information content (AvgIpc) is 3.27. The quantitative estimate of drug-likeness (QED) is 0.581. The van der Waals surface area contributed by atoms with Crippen molar-refractivity contribution in [1.82, 2.24) is 19.3 Å². The van der Waals surface area contributed by atoms with E-state index >= 15 is 0 Å². The number of carbonyl (C=O) groups is 1. The van der Waals surface area contributed by atoms with Crippen molar-refractivity contribution in [2.75, 3.05) is 6.61 Å². The van der Waals surface area contributed by atoms with Crippen molar-refractivity contribution < 1.29 is 14.3 Å². The first kappa shape index (κ1) is 21.6. The zero-order chi connectivity index (χ0) is 22.0. The molecule has 3 aromatic rings. The van der Waals surface area contributed by atoms with Gasteiger partial charge in [0.1, 0.15) is 17.2 Å². The van der Waals surface area contributed by atoms with E-state index < -0.39 is 5.91 Å². The standard InChI is InChI=1S/C22H28N4O4/c1-6-16(12-27)23-21(28)18-10-25-11-19(17-9-14(4)30-15(17)5)26(8-7-13(2)3)22(29)20(25)24-18/h7,9-11,16,27H,6,8,12H2,1-5H3,(H,23,28)/t16-/m1/s1. The summed E-state index contributed by atoms with van der Waals surface area (Å²) in [4.78, 5) is 30.1. The molecule has 8 nitrogen and oxygen atoms in total. The van der Waals surface area contributed by atoms with E-state index in [0.29, 0.717) is 24.4 Å². The number of rotatable bonds is 7. The highest BCUT2D eigenvalue weighted by Gasteiger charge is 2.20. The molecule has 0 saturated carbocycles. The van der Waals surface area contributed by atoms with Crippen LogP contribution in [0.25, 0.3) is 16.9 Å². The molecule has 0 aromatic carbocycles. The molecule has 0 spiro atoms. The lowest BCUT2D eigenvalue weighted by Gasteiger charge is -2.12. The zero-order valence-corrected chi connectivity index (χ0v) is 18.0. The van der Waals surface area contributed by atoms with E-state index in [1.807, 2.05) is 46.8 Å². The third-order valence-electron chi connectivity index (χ3n) is 5.00. The molecule has 0 aliphatic heterocycles. The van der Waals surface area contributed by atoms with Crippen LogP contribution in [0.5, 0.6) is 0 Å². The maximum atomic E-state index is 13.3. The molecule has 2 N–H and O–H groups in total. The lowest BCUT2D eigenvalue weighted by Crippen LogP contribution is -2.37. The Bertz CT molecular complexity index is 1160. The minimum atomic E-state index is -0.424. The molecule has 8 heteroatoms. The average molecular weight is 412 g/mol. The van der Waals surface area contributed by atoms with Gasteiger partial charge in [-0.1, -0.05) is 18.6 Å². The number of carbonyl (C=O) groups excluding carboxylic acids is 1. The number of allylic oxidation sites excluding steroid dienone is 2. The molecule has 30 heavy (non-hydrogen) atoms. The Balaban J connectivity index is 2.16. The van der Waals surface area contributed by atoms with E-state index in [9.17, 15) is 14.7 Å². The third-order valence-corrected chi connectivity index (χ3v) is 5.00. The molecule has 3 aromatic heterocycles. The minimum absolute atomic E-state index is 0.130. The van der Waals surface area contributed by atoms with E-state index in [1.54, 1.807) is 15.2 Å². The van der Waals surface area contributed by atoms with Crippen molar-refractivity contribution in [2.45, 2.75) is 53.6 Å². The molecule has 0 fully saturated rings. The number of hydrogen-bond acceptors (Lipinski definition) is 5. The van der Waals surface area contributed by atoms with Crippen molar-refractivity contribution in [3.05, 3.63) is 57.7 Å². The minimum Gasteiger partial charge on any atom is -0.466 e. The highest BCUT2D eigenvalue weighted by molar-refractivity contribution is 5.93. The van der Waals surface area contributed by atoms with Gasteiger partial charge < -0.3 is 14.8 Å². The van der Waals surface area contributed by atoms with Gasteiger partial charge in [0.15, 0.2) is 0 Å². The number of nitrogens with one attached hydrogen (secondary N) is 1. The van der Waals surface area contributed by atoms with Gasteiger partial charge in [-0.2, -0.15) is 0 Å². The van der Waals surface area contributed by atoms with Gasteiger partial charge >= 0.3 is 0 Å². The van der Waals surface area contributed by atoms with E-state index in [1.165, 1.54) is 6.20 Å². The lowest BCUT2D eigenvalue weighted by atomic mass is 10.1. The van der Waals surface area contributed by atoms with Crippen LogP contribution in [0.3, 0.4) is 0 Å². The fourth-order valence-corrected chi connectivity index (χ4v) is 3.28. The SMILES string of the molecule is CC[C@H](CO)NC(=O)c1cn2cc(-c3cc(C)oc3C)n(CC=C(C)C)c(=O)c2n1. The van der Waals surface area contributed by atoms with Crippen molar-refractivity contribution in [3.8, 4) is 11.3 Å². The van der Waals surface area contributed by atoms with Crippen molar-refractivity contribution >= 4 is 11.6 Å². The lowest BCUT2D eigenvalue weighted by molar-refractivity contribution is 0.0910. The van der Waals surface area contributed by atoms with E-state index in [2.05, 4.69) is 10.3 Å². The van der Waals surface area contributed by atoms with Crippen molar-refractivity contribution in [3.63, 3.8) is 0 Å². The normalized spacial score (nSPS) is 12.2. The fraction of sp³-hybridized carbons (Fsp3) is 0.409.